The molecule has 2 aliphatic heterocycles. The molecular weight excluding hydrogens is 422 g/mol. The van der Waals surface area contributed by atoms with Crippen molar-refractivity contribution in [3.63, 3.8) is 0 Å². The molecule has 2 amide bonds. The molecule has 2 aliphatic rings. The van der Waals surface area contributed by atoms with Gasteiger partial charge in [-0.1, -0.05) is 30.3 Å². The van der Waals surface area contributed by atoms with Crippen molar-refractivity contribution in [2.75, 3.05) is 46.5 Å². The summed E-state index contributed by atoms with van der Waals surface area (Å²) in [4.78, 5) is 29.7. The number of likely N-dealkylation sites (N-methyl/N-ethyl adjacent to an activating group) is 1. The van der Waals surface area contributed by atoms with Gasteiger partial charge in [-0.15, -0.1) is 0 Å². The van der Waals surface area contributed by atoms with Crippen LogP contribution in [0.25, 0.3) is 0 Å². The number of urea groups is 1. The third kappa shape index (κ3) is 5.35. The molecule has 8 heteroatoms. The number of hydrogen-bond acceptors (Lipinski definition) is 6. The monoisotopic (exact) mass is 451 g/mol. The molecule has 0 aliphatic carbocycles. The predicted octanol–water partition coefficient (Wildman–Crippen LogP) is 3.32. The number of morpholine rings is 1. The van der Waals surface area contributed by atoms with E-state index in [9.17, 15) is 9.59 Å². The highest BCUT2D eigenvalue weighted by Gasteiger charge is 2.37. The number of nitrogens with one attached hydrogen (secondary N) is 1. The van der Waals surface area contributed by atoms with Gasteiger partial charge in [0, 0.05) is 32.4 Å². The van der Waals surface area contributed by atoms with Crippen LogP contribution in [0.1, 0.15) is 18.5 Å². The Kier molecular flexibility index (Phi) is 7.26. The Bertz CT molecular complexity index is 1020. The largest absolute Gasteiger partial charge is 0.463 e. The maximum Gasteiger partial charge on any atom is 0.338 e. The van der Waals surface area contributed by atoms with Gasteiger partial charge >= 0.3 is 12.0 Å². The van der Waals surface area contributed by atoms with Gasteiger partial charge in [-0.05, 0) is 36.8 Å². The van der Waals surface area contributed by atoms with Gasteiger partial charge in [0.05, 0.1) is 31.4 Å². The predicted molar refractivity (Wildman–Crippen MR) is 123 cm³/mol. The van der Waals surface area contributed by atoms with Gasteiger partial charge < -0.3 is 19.5 Å². The molecule has 2 aromatic carbocycles. The van der Waals surface area contributed by atoms with Crippen molar-refractivity contribution in [2.45, 2.75) is 13.0 Å². The third-order valence-corrected chi connectivity index (χ3v) is 5.72. The molecule has 1 saturated heterocycles. The van der Waals surface area contributed by atoms with Crippen LogP contribution in [0.2, 0.25) is 0 Å². The topological polar surface area (TPSA) is 80.3 Å². The Balaban J connectivity index is 1.71. The van der Waals surface area contributed by atoms with Crippen molar-refractivity contribution in [3.05, 3.63) is 71.4 Å². The minimum atomic E-state index is -0.650. The summed E-state index contributed by atoms with van der Waals surface area (Å²) in [6.07, 6.45) is 0. The fraction of sp³-hybridized carbons (Fsp3) is 0.360. The molecular formula is C25H29N3O5. The number of rotatable bonds is 7. The number of benzene rings is 2. The zero-order valence-corrected chi connectivity index (χ0v) is 19.0. The molecule has 33 heavy (non-hydrogen) atoms. The molecule has 2 aromatic rings. The van der Waals surface area contributed by atoms with Gasteiger partial charge in [-0.2, -0.15) is 0 Å². The van der Waals surface area contributed by atoms with Crippen LogP contribution in [0.3, 0.4) is 0 Å². The normalized spacial score (nSPS) is 19.3. The number of para-hydroxylation sites is 1. The van der Waals surface area contributed by atoms with Crippen molar-refractivity contribution in [1.82, 2.24) is 15.1 Å². The standard InChI is InChI=1S/C25H29N3O5/c1-3-32-24(29)22-21(17-28-12-14-31-15-13-28)27(2)25(30)26-23(22)18-8-7-11-20(16-18)33-19-9-5-4-6-10-19/h4-11,16,23H,3,12-15,17H2,1-2H3,(H,26,30). The van der Waals surface area contributed by atoms with Gasteiger partial charge in [-0.3, -0.25) is 9.80 Å². The van der Waals surface area contributed by atoms with E-state index in [4.69, 9.17) is 14.2 Å². The number of carbonyl (C=O) groups is 2. The minimum Gasteiger partial charge on any atom is -0.463 e. The molecule has 0 radical (unpaired) electrons. The first-order valence-electron chi connectivity index (χ1n) is 11.1. The summed E-state index contributed by atoms with van der Waals surface area (Å²) in [6, 6.07) is 15.9. The Labute approximate surface area is 193 Å². The first-order valence-corrected chi connectivity index (χ1v) is 11.1. The highest BCUT2D eigenvalue weighted by atomic mass is 16.5. The second kappa shape index (κ2) is 10.5. The fourth-order valence-corrected chi connectivity index (χ4v) is 4.00. The van der Waals surface area contributed by atoms with Crippen molar-refractivity contribution in [1.29, 1.82) is 0 Å². The zero-order chi connectivity index (χ0) is 23.2. The van der Waals surface area contributed by atoms with Crippen molar-refractivity contribution >= 4 is 12.0 Å². The number of ether oxygens (including phenoxy) is 3. The van der Waals surface area contributed by atoms with Crippen molar-refractivity contribution in [3.8, 4) is 11.5 Å². The summed E-state index contributed by atoms with van der Waals surface area (Å²) < 4.78 is 16.8. The van der Waals surface area contributed by atoms with Crippen LogP contribution in [0.5, 0.6) is 11.5 Å². The molecule has 1 atom stereocenters. The van der Waals surface area contributed by atoms with Crippen LogP contribution < -0.4 is 10.1 Å². The molecule has 0 bridgehead atoms. The summed E-state index contributed by atoms with van der Waals surface area (Å²) >= 11 is 0. The number of amides is 2. The molecule has 4 rings (SSSR count). The van der Waals surface area contributed by atoms with Crippen molar-refractivity contribution < 1.29 is 23.8 Å². The number of carbonyl (C=O) groups excluding carboxylic acids is 2. The summed E-state index contributed by atoms with van der Waals surface area (Å²) in [5.74, 6) is 0.882. The number of esters is 1. The zero-order valence-electron chi connectivity index (χ0n) is 19.0. The van der Waals surface area contributed by atoms with Gasteiger partial charge in [-0.25, -0.2) is 9.59 Å². The quantitative estimate of drug-likeness (QED) is 0.651. The van der Waals surface area contributed by atoms with Gasteiger partial charge in [0.15, 0.2) is 0 Å². The smallest absolute Gasteiger partial charge is 0.338 e. The average molecular weight is 452 g/mol. The Morgan fingerprint density at radius 1 is 1.09 bits per heavy atom. The number of hydrogen-bond donors (Lipinski definition) is 1. The SMILES string of the molecule is CCOC(=O)C1=C(CN2CCOCC2)N(C)C(=O)NC1c1cccc(Oc2ccccc2)c1. The Hall–Kier alpha value is -3.36. The highest BCUT2D eigenvalue weighted by molar-refractivity contribution is 5.95. The lowest BCUT2D eigenvalue weighted by Crippen LogP contribution is -2.50. The maximum atomic E-state index is 13.1. The molecule has 2 heterocycles. The van der Waals surface area contributed by atoms with Crippen LogP contribution in [-0.4, -0.2) is 68.3 Å². The fourth-order valence-electron chi connectivity index (χ4n) is 4.00. The second-order valence-electron chi connectivity index (χ2n) is 7.90. The summed E-state index contributed by atoms with van der Waals surface area (Å²) in [5, 5.41) is 2.96. The second-order valence-corrected chi connectivity index (χ2v) is 7.90. The molecule has 1 unspecified atom stereocenters. The van der Waals surface area contributed by atoms with Gasteiger partial charge in [0.1, 0.15) is 11.5 Å². The summed E-state index contributed by atoms with van der Waals surface area (Å²) in [6.45, 7) is 5.20. The molecule has 174 valence electrons. The van der Waals surface area contributed by atoms with Crippen molar-refractivity contribution in [2.24, 2.45) is 0 Å². The Morgan fingerprint density at radius 3 is 2.55 bits per heavy atom. The van der Waals surface area contributed by atoms with Crippen LogP contribution >= 0.6 is 0 Å². The average Bonchev–Trinajstić information content (AvgIpc) is 2.83. The van der Waals surface area contributed by atoms with E-state index < -0.39 is 12.0 Å². The maximum absolute atomic E-state index is 13.1. The van der Waals surface area contributed by atoms with E-state index in [0.717, 1.165) is 18.7 Å². The van der Waals surface area contributed by atoms with E-state index in [0.29, 0.717) is 42.5 Å². The molecule has 1 N–H and O–H groups in total. The molecule has 8 nitrogen and oxygen atoms in total. The van der Waals surface area contributed by atoms with E-state index in [1.165, 1.54) is 4.90 Å². The highest BCUT2D eigenvalue weighted by Crippen LogP contribution is 2.33. The molecule has 0 saturated carbocycles. The lowest BCUT2D eigenvalue weighted by atomic mass is 9.94. The van der Waals surface area contributed by atoms with Crippen LogP contribution in [-0.2, 0) is 14.3 Å². The number of nitrogens with zero attached hydrogens (tertiary/aromatic N) is 2. The van der Waals surface area contributed by atoms with Crippen LogP contribution in [0.15, 0.2) is 65.9 Å². The van der Waals surface area contributed by atoms with E-state index >= 15 is 0 Å². The first-order chi connectivity index (χ1) is 16.1. The Morgan fingerprint density at radius 2 is 1.82 bits per heavy atom. The third-order valence-electron chi connectivity index (χ3n) is 5.72. The van der Waals surface area contributed by atoms with Gasteiger partial charge in [0.25, 0.3) is 0 Å². The van der Waals surface area contributed by atoms with E-state index in [1.54, 1.807) is 14.0 Å². The first kappa shape index (κ1) is 22.8. The van der Waals surface area contributed by atoms with E-state index in [2.05, 4.69) is 10.2 Å². The van der Waals surface area contributed by atoms with Crippen LogP contribution in [0.4, 0.5) is 4.79 Å². The van der Waals surface area contributed by atoms with E-state index in [-0.39, 0.29) is 12.6 Å². The van der Waals surface area contributed by atoms with Gasteiger partial charge in [0.2, 0.25) is 0 Å². The lowest BCUT2D eigenvalue weighted by Gasteiger charge is -2.37. The minimum absolute atomic E-state index is 0.245. The molecule has 0 aromatic heterocycles. The van der Waals surface area contributed by atoms with E-state index in [1.807, 2.05) is 54.6 Å². The lowest BCUT2D eigenvalue weighted by molar-refractivity contribution is -0.139. The molecule has 0 spiro atoms. The van der Waals surface area contributed by atoms with Crippen LogP contribution in [0, 0.1) is 0 Å². The summed E-state index contributed by atoms with van der Waals surface area (Å²) in [7, 11) is 1.68. The molecule has 1 fully saturated rings. The summed E-state index contributed by atoms with van der Waals surface area (Å²) in [5.41, 5.74) is 1.81.